The minimum Gasteiger partial charge on any atom is -0.306 e. The van der Waals surface area contributed by atoms with Crippen LogP contribution in [0.2, 0.25) is 5.02 Å². The number of benzene rings is 1. The zero-order chi connectivity index (χ0) is 13.5. The maximum atomic E-state index is 12.4. The fourth-order valence-corrected chi connectivity index (χ4v) is 1.87. The van der Waals surface area contributed by atoms with Gasteiger partial charge in [-0.25, -0.2) is 15.2 Å². The number of nitrogens with one attached hydrogen (secondary N) is 2. The molecule has 0 radical (unpaired) electrons. The van der Waals surface area contributed by atoms with Crippen LogP contribution in [0.3, 0.4) is 0 Å². The molecule has 1 aliphatic heterocycles. The van der Waals surface area contributed by atoms with Crippen LogP contribution in [0, 0.1) is 0 Å². The summed E-state index contributed by atoms with van der Waals surface area (Å²) in [5, 5.41) is 4.36. The van der Waals surface area contributed by atoms with E-state index in [4.69, 9.17) is 11.6 Å². The summed E-state index contributed by atoms with van der Waals surface area (Å²) in [7, 11) is 0. The van der Waals surface area contributed by atoms with Crippen molar-refractivity contribution in [2.45, 2.75) is 26.3 Å². The van der Waals surface area contributed by atoms with E-state index in [1.54, 1.807) is 18.2 Å². The number of anilines is 1. The SMILES string of the molecule is CC(C)(C)N1NC(=O)Nc2ccc(Cl)cc2C1=O. The Morgan fingerprint density at radius 3 is 2.50 bits per heavy atom. The summed E-state index contributed by atoms with van der Waals surface area (Å²) < 4.78 is 0. The molecule has 1 aromatic rings. The van der Waals surface area contributed by atoms with Gasteiger partial charge in [0.1, 0.15) is 0 Å². The maximum absolute atomic E-state index is 12.4. The van der Waals surface area contributed by atoms with Crippen molar-refractivity contribution in [1.29, 1.82) is 0 Å². The summed E-state index contributed by atoms with van der Waals surface area (Å²) in [6.45, 7) is 5.50. The average molecular weight is 268 g/mol. The molecule has 0 saturated carbocycles. The Balaban J connectivity index is 2.54. The number of carbonyl (C=O) groups is 2. The van der Waals surface area contributed by atoms with Gasteiger partial charge in [-0.1, -0.05) is 11.6 Å². The first-order chi connectivity index (χ1) is 8.29. The molecular formula is C12H14ClN3O2. The molecule has 0 spiro atoms. The first kappa shape index (κ1) is 12.7. The topological polar surface area (TPSA) is 61.4 Å². The van der Waals surface area contributed by atoms with E-state index in [-0.39, 0.29) is 5.91 Å². The quantitative estimate of drug-likeness (QED) is 0.759. The Kier molecular flexibility index (Phi) is 2.94. The zero-order valence-electron chi connectivity index (χ0n) is 10.4. The third-order valence-electron chi connectivity index (χ3n) is 2.55. The lowest BCUT2D eigenvalue weighted by molar-refractivity contribution is 0.0468. The molecule has 96 valence electrons. The number of halogens is 1. The molecule has 2 rings (SSSR count). The normalized spacial score (nSPS) is 15.7. The summed E-state index contributed by atoms with van der Waals surface area (Å²) in [5.74, 6) is -0.293. The van der Waals surface area contributed by atoms with E-state index >= 15 is 0 Å². The van der Waals surface area contributed by atoms with Crippen LogP contribution in [-0.4, -0.2) is 22.5 Å². The molecule has 1 aliphatic rings. The molecule has 5 nitrogen and oxygen atoms in total. The molecule has 6 heteroatoms. The molecule has 2 N–H and O–H groups in total. The fraction of sp³-hybridized carbons (Fsp3) is 0.333. The van der Waals surface area contributed by atoms with Crippen LogP contribution in [0.4, 0.5) is 10.5 Å². The van der Waals surface area contributed by atoms with E-state index in [1.165, 1.54) is 5.01 Å². The van der Waals surface area contributed by atoms with E-state index in [0.29, 0.717) is 16.3 Å². The van der Waals surface area contributed by atoms with E-state index < -0.39 is 11.6 Å². The summed E-state index contributed by atoms with van der Waals surface area (Å²) >= 11 is 5.89. The van der Waals surface area contributed by atoms with E-state index in [0.717, 1.165) is 0 Å². The van der Waals surface area contributed by atoms with E-state index in [2.05, 4.69) is 10.7 Å². The highest BCUT2D eigenvalue weighted by Crippen LogP contribution is 2.26. The molecular weight excluding hydrogens is 254 g/mol. The van der Waals surface area contributed by atoms with Crippen LogP contribution in [0.25, 0.3) is 0 Å². The van der Waals surface area contributed by atoms with Gasteiger partial charge in [0, 0.05) is 5.02 Å². The van der Waals surface area contributed by atoms with Gasteiger partial charge in [-0.2, -0.15) is 0 Å². The summed E-state index contributed by atoms with van der Waals surface area (Å²) in [4.78, 5) is 24.1. The molecule has 1 aromatic carbocycles. The van der Waals surface area contributed by atoms with Gasteiger partial charge in [0.05, 0.1) is 16.8 Å². The number of hydrogen-bond donors (Lipinski definition) is 2. The van der Waals surface area contributed by atoms with Crippen molar-refractivity contribution in [1.82, 2.24) is 10.4 Å². The second-order valence-electron chi connectivity index (χ2n) is 5.07. The molecule has 0 unspecified atom stereocenters. The van der Waals surface area contributed by atoms with Crippen molar-refractivity contribution in [3.63, 3.8) is 0 Å². The molecule has 0 saturated heterocycles. The Labute approximate surface area is 110 Å². The standard InChI is InChI=1S/C12H14ClN3O2/c1-12(2,3)16-10(17)8-6-7(13)4-5-9(8)14-11(18)15-16/h4-6H,1-3H3,(H2,14,15,18). The summed E-state index contributed by atoms with van der Waals surface area (Å²) in [6.07, 6.45) is 0. The van der Waals surface area contributed by atoms with Crippen LogP contribution in [-0.2, 0) is 0 Å². The van der Waals surface area contributed by atoms with Crippen molar-refractivity contribution < 1.29 is 9.59 Å². The lowest BCUT2D eigenvalue weighted by Gasteiger charge is -2.33. The lowest BCUT2D eigenvalue weighted by Crippen LogP contribution is -2.55. The number of rotatable bonds is 0. The number of carbonyl (C=O) groups excluding carboxylic acids is 2. The van der Waals surface area contributed by atoms with Gasteiger partial charge in [-0.15, -0.1) is 0 Å². The highest BCUT2D eigenvalue weighted by molar-refractivity contribution is 6.31. The van der Waals surface area contributed by atoms with Crippen molar-refractivity contribution >= 4 is 29.2 Å². The molecule has 0 aliphatic carbocycles. The highest BCUT2D eigenvalue weighted by atomic mass is 35.5. The van der Waals surface area contributed by atoms with Crippen LogP contribution in [0.15, 0.2) is 18.2 Å². The van der Waals surface area contributed by atoms with Gasteiger partial charge in [-0.3, -0.25) is 4.79 Å². The lowest BCUT2D eigenvalue weighted by atomic mass is 10.1. The predicted octanol–water partition coefficient (Wildman–Crippen LogP) is 2.63. The number of amides is 3. The second-order valence-corrected chi connectivity index (χ2v) is 5.50. The third-order valence-corrected chi connectivity index (χ3v) is 2.78. The Morgan fingerprint density at radius 2 is 1.89 bits per heavy atom. The molecule has 18 heavy (non-hydrogen) atoms. The second kappa shape index (κ2) is 4.17. The molecule has 0 fully saturated rings. The number of hydrogen-bond acceptors (Lipinski definition) is 2. The van der Waals surface area contributed by atoms with E-state index in [1.807, 2.05) is 20.8 Å². The minimum atomic E-state index is -0.529. The molecule has 0 bridgehead atoms. The maximum Gasteiger partial charge on any atom is 0.338 e. The zero-order valence-corrected chi connectivity index (χ0v) is 11.1. The van der Waals surface area contributed by atoms with Gasteiger partial charge in [0.2, 0.25) is 0 Å². The Morgan fingerprint density at radius 1 is 1.22 bits per heavy atom. The molecule has 0 atom stereocenters. The van der Waals surface area contributed by atoms with Gasteiger partial charge >= 0.3 is 6.03 Å². The van der Waals surface area contributed by atoms with Crippen molar-refractivity contribution in [3.8, 4) is 0 Å². The van der Waals surface area contributed by atoms with Gasteiger partial charge < -0.3 is 5.32 Å². The van der Waals surface area contributed by atoms with Crippen molar-refractivity contribution in [2.75, 3.05) is 5.32 Å². The monoisotopic (exact) mass is 267 g/mol. The molecule has 3 amide bonds. The largest absolute Gasteiger partial charge is 0.338 e. The van der Waals surface area contributed by atoms with Crippen LogP contribution >= 0.6 is 11.6 Å². The van der Waals surface area contributed by atoms with E-state index in [9.17, 15) is 9.59 Å². The predicted molar refractivity (Wildman–Crippen MR) is 69.5 cm³/mol. The first-order valence-corrected chi connectivity index (χ1v) is 5.88. The van der Waals surface area contributed by atoms with Gasteiger partial charge in [0.25, 0.3) is 5.91 Å². The minimum absolute atomic E-state index is 0.293. The molecule has 1 heterocycles. The van der Waals surface area contributed by atoms with Gasteiger partial charge in [0.15, 0.2) is 0 Å². The first-order valence-electron chi connectivity index (χ1n) is 5.51. The number of urea groups is 1. The number of fused-ring (bicyclic) bond motifs is 1. The Bertz CT molecular complexity index is 523. The smallest absolute Gasteiger partial charge is 0.306 e. The number of nitrogens with zero attached hydrogens (tertiary/aromatic N) is 1. The summed E-state index contributed by atoms with van der Waals surface area (Å²) in [6, 6.07) is 4.34. The third kappa shape index (κ3) is 2.26. The van der Waals surface area contributed by atoms with Crippen LogP contribution < -0.4 is 10.7 Å². The van der Waals surface area contributed by atoms with Crippen molar-refractivity contribution in [2.24, 2.45) is 0 Å². The average Bonchev–Trinajstić information content (AvgIpc) is 2.37. The van der Waals surface area contributed by atoms with Gasteiger partial charge in [-0.05, 0) is 39.0 Å². The van der Waals surface area contributed by atoms with Crippen LogP contribution in [0.1, 0.15) is 31.1 Å². The summed E-state index contributed by atoms with van der Waals surface area (Å²) in [5.41, 5.74) is 2.82. The van der Waals surface area contributed by atoms with Crippen molar-refractivity contribution in [3.05, 3.63) is 28.8 Å². The number of hydrazine groups is 1. The highest BCUT2D eigenvalue weighted by Gasteiger charge is 2.33. The Hall–Kier alpha value is -1.75. The van der Waals surface area contributed by atoms with Crippen LogP contribution in [0.5, 0.6) is 0 Å². The molecule has 0 aromatic heterocycles. The fourth-order valence-electron chi connectivity index (χ4n) is 1.70.